The van der Waals surface area contributed by atoms with Gasteiger partial charge in [0.1, 0.15) is 11.5 Å². The molecule has 0 fully saturated rings. The highest BCUT2D eigenvalue weighted by molar-refractivity contribution is 5.71. The molecule has 0 saturated heterocycles. The van der Waals surface area contributed by atoms with Crippen molar-refractivity contribution in [1.82, 2.24) is 0 Å². The third-order valence-electron chi connectivity index (χ3n) is 6.20. The highest BCUT2D eigenvalue weighted by Gasteiger charge is 2.20. The Kier molecular flexibility index (Phi) is 7.20. The molecule has 0 aromatic heterocycles. The molecule has 2 atom stereocenters. The van der Waals surface area contributed by atoms with E-state index in [-0.39, 0.29) is 11.8 Å². The van der Waals surface area contributed by atoms with Crippen molar-refractivity contribution in [1.29, 1.82) is 0 Å². The summed E-state index contributed by atoms with van der Waals surface area (Å²) in [6.07, 6.45) is 1.97. The lowest BCUT2D eigenvalue weighted by atomic mass is 9.85. The number of aromatic hydroxyl groups is 2. The van der Waals surface area contributed by atoms with Gasteiger partial charge in [-0.15, -0.1) is 0 Å². The fourth-order valence-corrected chi connectivity index (χ4v) is 3.76. The first-order valence-corrected chi connectivity index (χ1v) is 10.9. The highest BCUT2D eigenvalue weighted by Crippen LogP contribution is 2.42. The predicted molar refractivity (Wildman–Crippen MR) is 121 cm³/mol. The average Bonchev–Trinajstić information content (AvgIpc) is 2.66. The van der Waals surface area contributed by atoms with Crippen molar-refractivity contribution in [2.75, 3.05) is 0 Å². The molecule has 154 valence electrons. The van der Waals surface area contributed by atoms with Gasteiger partial charge in [0.15, 0.2) is 0 Å². The molecule has 2 rings (SSSR count). The van der Waals surface area contributed by atoms with Crippen LogP contribution in [0.1, 0.15) is 114 Å². The molecule has 2 aromatic carbocycles. The molecule has 2 N–H and O–H groups in total. The normalized spacial score (nSPS) is 13.9. The van der Waals surface area contributed by atoms with Gasteiger partial charge in [0, 0.05) is 0 Å². The third kappa shape index (κ3) is 4.37. The largest absolute Gasteiger partial charge is 0.507 e. The van der Waals surface area contributed by atoms with Gasteiger partial charge < -0.3 is 10.2 Å². The van der Waals surface area contributed by atoms with Crippen LogP contribution in [0.4, 0.5) is 0 Å². The minimum absolute atomic E-state index is 0.249. The van der Waals surface area contributed by atoms with Gasteiger partial charge in [-0.25, -0.2) is 0 Å². The first-order valence-electron chi connectivity index (χ1n) is 10.9. The van der Waals surface area contributed by atoms with Gasteiger partial charge >= 0.3 is 0 Å². The quantitative estimate of drug-likeness (QED) is 0.508. The summed E-state index contributed by atoms with van der Waals surface area (Å²) in [7, 11) is 0. The third-order valence-corrected chi connectivity index (χ3v) is 6.20. The minimum atomic E-state index is 0.249. The zero-order valence-electron chi connectivity index (χ0n) is 18.9. The van der Waals surface area contributed by atoms with Gasteiger partial charge in [-0.05, 0) is 94.2 Å². The van der Waals surface area contributed by atoms with Gasteiger partial charge in [-0.2, -0.15) is 0 Å². The number of hydrogen-bond donors (Lipinski definition) is 2. The SMILES string of the molecule is CCC(C)c1cc(-c2cc(C(C)C)c(O)c(C(C)CC)c2)cc(C(C)C)c1O. The van der Waals surface area contributed by atoms with Crippen LogP contribution in [0.5, 0.6) is 11.5 Å². The van der Waals surface area contributed by atoms with Crippen molar-refractivity contribution in [2.24, 2.45) is 0 Å². The van der Waals surface area contributed by atoms with Crippen LogP contribution in [-0.4, -0.2) is 10.2 Å². The summed E-state index contributed by atoms with van der Waals surface area (Å²) < 4.78 is 0. The van der Waals surface area contributed by atoms with Gasteiger partial charge in [-0.1, -0.05) is 55.4 Å². The van der Waals surface area contributed by atoms with Crippen LogP contribution in [0.3, 0.4) is 0 Å². The second-order valence-corrected chi connectivity index (χ2v) is 8.93. The summed E-state index contributed by atoms with van der Waals surface area (Å²) in [6, 6.07) is 8.55. The maximum atomic E-state index is 10.9. The number of hydrogen-bond acceptors (Lipinski definition) is 2. The van der Waals surface area contributed by atoms with Crippen LogP contribution < -0.4 is 0 Å². The topological polar surface area (TPSA) is 40.5 Å². The van der Waals surface area contributed by atoms with Crippen molar-refractivity contribution < 1.29 is 10.2 Å². The fraction of sp³-hybridized carbons (Fsp3) is 0.538. The van der Waals surface area contributed by atoms with Crippen molar-refractivity contribution in [3.8, 4) is 22.6 Å². The first-order chi connectivity index (χ1) is 13.1. The maximum absolute atomic E-state index is 10.9. The van der Waals surface area contributed by atoms with E-state index < -0.39 is 0 Å². The molecule has 2 heteroatoms. The summed E-state index contributed by atoms with van der Waals surface area (Å²) >= 11 is 0. The highest BCUT2D eigenvalue weighted by atomic mass is 16.3. The Bertz CT molecular complexity index is 748. The monoisotopic (exact) mass is 382 g/mol. The van der Waals surface area contributed by atoms with Crippen LogP contribution in [0.25, 0.3) is 11.1 Å². The molecule has 2 nitrogen and oxygen atoms in total. The van der Waals surface area contributed by atoms with Crippen molar-refractivity contribution in [3.05, 3.63) is 46.5 Å². The van der Waals surface area contributed by atoms with E-state index in [1.807, 2.05) is 0 Å². The summed E-state index contributed by atoms with van der Waals surface area (Å²) in [5.41, 5.74) is 6.29. The van der Waals surface area contributed by atoms with E-state index in [1.165, 1.54) is 0 Å². The van der Waals surface area contributed by atoms with Crippen LogP contribution in [0.15, 0.2) is 24.3 Å². The van der Waals surface area contributed by atoms with Crippen LogP contribution in [-0.2, 0) is 0 Å². The Labute approximate surface area is 171 Å². The van der Waals surface area contributed by atoms with Crippen LogP contribution in [0.2, 0.25) is 0 Å². The minimum Gasteiger partial charge on any atom is -0.507 e. The van der Waals surface area contributed by atoms with Crippen LogP contribution >= 0.6 is 0 Å². The number of rotatable bonds is 7. The zero-order valence-corrected chi connectivity index (χ0v) is 18.9. The maximum Gasteiger partial charge on any atom is 0.122 e. The molecular weight excluding hydrogens is 344 g/mol. The summed E-state index contributed by atoms with van der Waals surface area (Å²) in [5, 5.41) is 21.7. The van der Waals surface area contributed by atoms with Crippen molar-refractivity contribution in [2.45, 2.75) is 91.9 Å². The smallest absolute Gasteiger partial charge is 0.122 e. The molecule has 0 aliphatic carbocycles. The van der Waals surface area contributed by atoms with E-state index in [1.54, 1.807) is 0 Å². The summed E-state index contributed by atoms with van der Waals surface area (Å²) in [5.74, 6) is 1.98. The summed E-state index contributed by atoms with van der Waals surface area (Å²) in [6.45, 7) is 17.2. The molecule has 0 aliphatic heterocycles. The van der Waals surface area contributed by atoms with Gasteiger partial charge in [-0.3, -0.25) is 0 Å². The van der Waals surface area contributed by atoms with E-state index in [0.29, 0.717) is 23.3 Å². The Morgan fingerprint density at radius 2 is 0.857 bits per heavy atom. The second kappa shape index (κ2) is 9.03. The van der Waals surface area contributed by atoms with Gasteiger partial charge in [0.2, 0.25) is 0 Å². The molecule has 0 bridgehead atoms. The first kappa shape index (κ1) is 22.3. The Morgan fingerprint density at radius 3 is 1.11 bits per heavy atom. The average molecular weight is 383 g/mol. The lowest BCUT2D eigenvalue weighted by Gasteiger charge is -2.22. The van der Waals surface area contributed by atoms with E-state index >= 15 is 0 Å². The molecule has 28 heavy (non-hydrogen) atoms. The molecule has 0 heterocycles. The zero-order chi connectivity index (χ0) is 21.2. The molecule has 2 aromatic rings. The predicted octanol–water partition coefficient (Wildman–Crippen LogP) is 8.04. The van der Waals surface area contributed by atoms with Gasteiger partial charge in [0.05, 0.1) is 0 Å². The second-order valence-electron chi connectivity index (χ2n) is 8.93. The Balaban J connectivity index is 2.79. The molecule has 0 aliphatic rings. The standard InChI is InChI=1S/C26H38O2/c1-9-17(7)23-13-19(11-21(15(3)4)25(23)27)20-12-22(16(5)6)26(28)24(14-20)18(8)10-2/h11-18,27-28H,9-10H2,1-8H3. The lowest BCUT2D eigenvalue weighted by Crippen LogP contribution is -2.01. The van der Waals surface area contributed by atoms with E-state index in [4.69, 9.17) is 0 Å². The Hall–Kier alpha value is -1.96. The van der Waals surface area contributed by atoms with Crippen molar-refractivity contribution >= 4 is 0 Å². The van der Waals surface area contributed by atoms with Gasteiger partial charge in [0.25, 0.3) is 0 Å². The number of benzene rings is 2. The molecule has 0 radical (unpaired) electrons. The summed E-state index contributed by atoms with van der Waals surface area (Å²) in [4.78, 5) is 0. The molecular formula is C26H38O2. The number of phenols is 2. The van der Waals surface area contributed by atoms with Crippen molar-refractivity contribution in [3.63, 3.8) is 0 Å². The fourth-order valence-electron chi connectivity index (χ4n) is 3.76. The van der Waals surface area contributed by atoms with Crippen LogP contribution in [0, 0.1) is 0 Å². The van der Waals surface area contributed by atoms with E-state index in [9.17, 15) is 10.2 Å². The van der Waals surface area contributed by atoms with E-state index in [2.05, 4.69) is 79.7 Å². The molecule has 0 spiro atoms. The van der Waals surface area contributed by atoms with E-state index in [0.717, 1.165) is 46.2 Å². The molecule has 2 unspecified atom stereocenters. The Morgan fingerprint density at radius 1 is 0.571 bits per heavy atom. The molecule has 0 saturated carbocycles. The number of phenolic OH excluding ortho intramolecular Hbond substituents is 2. The lowest BCUT2D eigenvalue weighted by molar-refractivity contribution is 0.451. The molecule has 0 amide bonds.